The number of anilines is 4. The Morgan fingerprint density at radius 1 is 1.11 bits per heavy atom. The molecular weight excluding hydrogens is 386 g/mol. The minimum Gasteiger partial charge on any atom is -0.452 e. The molecule has 0 fully saturated rings. The zero-order valence-electron chi connectivity index (χ0n) is 14.9. The fourth-order valence-electron chi connectivity index (χ4n) is 2.36. The number of nitrogen functional groups attached to an aromatic ring is 1. The van der Waals surface area contributed by atoms with Crippen LogP contribution in [0.2, 0.25) is 0 Å². The van der Waals surface area contributed by atoms with Crippen LogP contribution in [0.1, 0.15) is 6.92 Å². The van der Waals surface area contributed by atoms with Crippen LogP contribution >= 0.6 is 11.9 Å². The maximum Gasteiger partial charge on any atom is 0.273 e. The van der Waals surface area contributed by atoms with Crippen LogP contribution in [0.15, 0.2) is 53.5 Å². The molecule has 0 spiro atoms. The summed E-state index contributed by atoms with van der Waals surface area (Å²) in [7, 11) is 0. The molecular formula is C19H18F2N4O2S. The van der Waals surface area contributed by atoms with Crippen LogP contribution in [-0.4, -0.2) is 10.7 Å². The van der Waals surface area contributed by atoms with E-state index in [9.17, 15) is 13.6 Å². The van der Waals surface area contributed by atoms with Gasteiger partial charge in [0.25, 0.3) is 5.56 Å². The molecule has 1 aromatic heterocycles. The summed E-state index contributed by atoms with van der Waals surface area (Å²) in [5, 5.41) is 3.03. The van der Waals surface area contributed by atoms with Gasteiger partial charge in [-0.2, -0.15) is 0 Å². The predicted molar refractivity (Wildman–Crippen MR) is 109 cm³/mol. The van der Waals surface area contributed by atoms with Crippen molar-refractivity contribution < 1.29 is 13.5 Å². The minimum atomic E-state index is -0.828. The van der Waals surface area contributed by atoms with Gasteiger partial charge >= 0.3 is 0 Å². The Balaban J connectivity index is 1.98. The molecule has 9 heteroatoms. The summed E-state index contributed by atoms with van der Waals surface area (Å²) in [6, 6.07) is 9.77. The van der Waals surface area contributed by atoms with Crippen LogP contribution in [0.3, 0.4) is 0 Å². The van der Waals surface area contributed by atoms with Gasteiger partial charge in [-0.25, -0.2) is 8.78 Å². The van der Waals surface area contributed by atoms with Gasteiger partial charge in [0.15, 0.2) is 17.3 Å². The Hall–Kier alpha value is -3.20. The fourth-order valence-corrected chi connectivity index (χ4v) is 2.79. The molecule has 0 unspecified atom stereocenters. The molecule has 28 heavy (non-hydrogen) atoms. The van der Waals surface area contributed by atoms with E-state index in [2.05, 4.69) is 15.0 Å². The lowest BCUT2D eigenvalue weighted by molar-refractivity contribution is 0.439. The lowest BCUT2D eigenvalue weighted by Gasteiger charge is -2.16. The number of hydrogen-bond acceptors (Lipinski definition) is 6. The van der Waals surface area contributed by atoms with Crippen molar-refractivity contribution in [2.24, 2.45) is 0 Å². The van der Waals surface area contributed by atoms with Crippen molar-refractivity contribution in [1.82, 2.24) is 4.98 Å². The van der Waals surface area contributed by atoms with Gasteiger partial charge in [-0.05, 0) is 36.4 Å². The van der Waals surface area contributed by atoms with Gasteiger partial charge in [-0.1, -0.05) is 18.9 Å². The number of nitrogens with two attached hydrogens (primary N) is 1. The number of aromatic nitrogens is 1. The van der Waals surface area contributed by atoms with E-state index < -0.39 is 17.2 Å². The molecule has 1 heterocycles. The first-order chi connectivity index (χ1) is 13.5. The van der Waals surface area contributed by atoms with Gasteiger partial charge in [0.2, 0.25) is 0 Å². The number of pyridine rings is 1. The number of halogens is 2. The normalized spacial score (nSPS) is 10.5. The lowest BCUT2D eigenvalue weighted by atomic mass is 10.2. The summed E-state index contributed by atoms with van der Waals surface area (Å²) in [5.41, 5.74) is 6.97. The zero-order chi connectivity index (χ0) is 20.1. The second-order valence-electron chi connectivity index (χ2n) is 5.68. The second kappa shape index (κ2) is 8.66. The summed E-state index contributed by atoms with van der Waals surface area (Å²) in [6.45, 7) is 2.00. The molecule has 0 saturated carbocycles. The first-order valence-electron chi connectivity index (χ1n) is 8.37. The highest BCUT2D eigenvalue weighted by atomic mass is 32.2. The molecule has 0 aliphatic carbocycles. The largest absolute Gasteiger partial charge is 0.452 e. The predicted octanol–water partition coefficient (Wildman–Crippen LogP) is 4.85. The average molecular weight is 404 g/mol. The van der Waals surface area contributed by atoms with Crippen molar-refractivity contribution in [3.8, 4) is 11.5 Å². The highest BCUT2D eigenvalue weighted by Crippen LogP contribution is 2.36. The summed E-state index contributed by atoms with van der Waals surface area (Å²) in [4.78, 5) is 14.2. The van der Waals surface area contributed by atoms with E-state index in [-0.39, 0.29) is 17.2 Å². The fraction of sp³-hybridized carbons (Fsp3) is 0.105. The van der Waals surface area contributed by atoms with Crippen LogP contribution < -0.4 is 26.1 Å². The van der Waals surface area contributed by atoms with E-state index in [0.29, 0.717) is 11.4 Å². The molecule has 5 N–H and O–H groups in total. The molecule has 0 saturated heterocycles. The second-order valence-corrected chi connectivity index (χ2v) is 6.75. The third kappa shape index (κ3) is 4.55. The Labute approximate surface area is 164 Å². The van der Waals surface area contributed by atoms with Crippen molar-refractivity contribution in [3.63, 3.8) is 0 Å². The molecule has 146 valence electrons. The van der Waals surface area contributed by atoms with Crippen molar-refractivity contribution in [3.05, 3.63) is 70.6 Å². The van der Waals surface area contributed by atoms with Crippen molar-refractivity contribution in [2.75, 3.05) is 21.5 Å². The molecule has 0 bridgehead atoms. The van der Waals surface area contributed by atoms with E-state index >= 15 is 0 Å². The number of hydrogen-bond donors (Lipinski definition) is 4. The van der Waals surface area contributed by atoms with Gasteiger partial charge < -0.3 is 25.5 Å². The zero-order valence-corrected chi connectivity index (χ0v) is 15.7. The quantitative estimate of drug-likeness (QED) is 0.421. The Kier molecular flexibility index (Phi) is 6.05. The van der Waals surface area contributed by atoms with E-state index in [1.807, 2.05) is 6.92 Å². The molecule has 0 amide bonds. The van der Waals surface area contributed by atoms with Gasteiger partial charge in [0.1, 0.15) is 11.5 Å². The lowest BCUT2D eigenvalue weighted by Crippen LogP contribution is -2.13. The summed E-state index contributed by atoms with van der Waals surface area (Å²) in [6.07, 6.45) is 1.45. The maximum absolute atomic E-state index is 14.0. The standard InChI is InChI=1S/C19H18F2N4O2S/c1-2-28-25-12-4-6-17(27-16-5-3-11(20)9-13(16)21)15(10-12)24-14-7-8-23-19(26)18(14)22/h3-10,25H,2,22H2,1H3,(H2,23,24,26). The number of nitrogens with one attached hydrogen (secondary N) is 3. The third-order valence-electron chi connectivity index (χ3n) is 3.70. The molecule has 0 aliphatic rings. The SMILES string of the molecule is CCSNc1ccc(Oc2ccc(F)cc2F)c(Nc2cc[nH]c(=O)c2N)c1. The molecule has 0 atom stereocenters. The topological polar surface area (TPSA) is 92.2 Å². The maximum atomic E-state index is 14.0. The monoisotopic (exact) mass is 404 g/mol. The molecule has 0 aliphatic heterocycles. The molecule has 0 radical (unpaired) electrons. The molecule has 3 rings (SSSR count). The Morgan fingerprint density at radius 2 is 1.89 bits per heavy atom. The Bertz CT molecular complexity index is 1040. The number of aromatic amines is 1. The highest BCUT2D eigenvalue weighted by Gasteiger charge is 2.13. The van der Waals surface area contributed by atoms with E-state index in [1.54, 1.807) is 24.3 Å². The first-order valence-corrected chi connectivity index (χ1v) is 9.35. The smallest absolute Gasteiger partial charge is 0.273 e. The summed E-state index contributed by atoms with van der Waals surface area (Å²) in [5.74, 6) is -0.534. The number of H-pyrrole nitrogens is 1. The van der Waals surface area contributed by atoms with Gasteiger partial charge in [0.05, 0.1) is 11.4 Å². The first kappa shape index (κ1) is 19.6. The van der Waals surface area contributed by atoms with Gasteiger partial charge in [0, 0.05) is 23.7 Å². The van der Waals surface area contributed by atoms with Crippen LogP contribution in [0.25, 0.3) is 0 Å². The average Bonchev–Trinajstić information content (AvgIpc) is 2.67. The Morgan fingerprint density at radius 3 is 2.64 bits per heavy atom. The number of rotatable bonds is 7. The third-order valence-corrected chi connectivity index (χ3v) is 4.37. The minimum absolute atomic E-state index is 0.00251. The van der Waals surface area contributed by atoms with Crippen LogP contribution in [0.4, 0.5) is 31.5 Å². The van der Waals surface area contributed by atoms with Gasteiger partial charge in [-0.3, -0.25) is 4.79 Å². The molecule has 6 nitrogen and oxygen atoms in total. The molecule has 2 aromatic carbocycles. The van der Waals surface area contributed by atoms with Crippen LogP contribution in [0, 0.1) is 11.6 Å². The van der Waals surface area contributed by atoms with Crippen molar-refractivity contribution in [1.29, 1.82) is 0 Å². The van der Waals surface area contributed by atoms with E-state index in [1.165, 1.54) is 24.2 Å². The number of ether oxygens (including phenoxy) is 1. The highest BCUT2D eigenvalue weighted by molar-refractivity contribution is 8.00. The van der Waals surface area contributed by atoms with Crippen molar-refractivity contribution >= 4 is 34.7 Å². The van der Waals surface area contributed by atoms with E-state index in [4.69, 9.17) is 10.5 Å². The number of benzene rings is 2. The van der Waals surface area contributed by atoms with Crippen LogP contribution in [-0.2, 0) is 0 Å². The molecule has 3 aromatic rings. The van der Waals surface area contributed by atoms with Crippen LogP contribution in [0.5, 0.6) is 11.5 Å². The van der Waals surface area contributed by atoms with E-state index in [0.717, 1.165) is 23.6 Å². The summed E-state index contributed by atoms with van der Waals surface area (Å²) >= 11 is 1.50. The summed E-state index contributed by atoms with van der Waals surface area (Å²) < 4.78 is 35.9. The van der Waals surface area contributed by atoms with Gasteiger partial charge in [-0.15, -0.1) is 0 Å². The van der Waals surface area contributed by atoms with Crippen molar-refractivity contribution in [2.45, 2.75) is 6.92 Å².